The average Bonchev–Trinajstić information content (AvgIpc) is 3.28. The number of nitrogens with one attached hydrogen (secondary N) is 2. The number of halogens is 2. The molecule has 0 fully saturated rings. The van der Waals surface area contributed by atoms with Gasteiger partial charge in [0.05, 0.1) is 5.69 Å². The van der Waals surface area contributed by atoms with E-state index >= 15 is 0 Å². The zero-order chi connectivity index (χ0) is 22.5. The van der Waals surface area contributed by atoms with Crippen LogP contribution >= 0.6 is 23.3 Å². The zero-order valence-corrected chi connectivity index (χ0v) is 18.7. The van der Waals surface area contributed by atoms with Gasteiger partial charge in [-0.2, -0.15) is 0 Å². The smallest absolute Gasteiger partial charge is 0.207 e. The third kappa shape index (κ3) is 5.15. The van der Waals surface area contributed by atoms with Gasteiger partial charge in [-0.1, -0.05) is 12.1 Å². The standard InChI is InChI=1S/C24H19F2N3OS2/c1-15-2-3-16(8-17(15)11-28-14-30)23-6-7-24(31-23)18-9-20(13-27-12-18)32-29-22-5-4-19(25)10-21(22)26/h2-10,12-14,29H,11H2,1H3,(H,28,30). The molecule has 0 aliphatic heterocycles. The van der Waals surface area contributed by atoms with Crippen molar-refractivity contribution in [3.05, 3.63) is 89.8 Å². The van der Waals surface area contributed by atoms with Crippen LogP contribution in [0.5, 0.6) is 0 Å². The van der Waals surface area contributed by atoms with Crippen LogP contribution in [-0.2, 0) is 11.3 Å². The topological polar surface area (TPSA) is 54.0 Å². The van der Waals surface area contributed by atoms with E-state index in [4.69, 9.17) is 0 Å². The largest absolute Gasteiger partial charge is 0.355 e. The van der Waals surface area contributed by atoms with Crippen molar-refractivity contribution in [2.24, 2.45) is 0 Å². The number of anilines is 1. The van der Waals surface area contributed by atoms with Crippen molar-refractivity contribution in [2.45, 2.75) is 18.4 Å². The molecule has 8 heteroatoms. The summed E-state index contributed by atoms with van der Waals surface area (Å²) in [4.78, 5) is 17.9. The molecule has 0 radical (unpaired) electrons. The van der Waals surface area contributed by atoms with Gasteiger partial charge in [0.25, 0.3) is 0 Å². The van der Waals surface area contributed by atoms with E-state index in [9.17, 15) is 13.6 Å². The third-order valence-electron chi connectivity index (χ3n) is 4.82. The molecule has 2 N–H and O–H groups in total. The summed E-state index contributed by atoms with van der Waals surface area (Å²) in [6.07, 6.45) is 4.17. The molecule has 4 nitrogen and oxygen atoms in total. The number of aryl methyl sites for hydroxylation is 1. The van der Waals surface area contributed by atoms with Gasteiger partial charge in [-0.05, 0) is 72.0 Å². The molecule has 4 rings (SSSR count). The van der Waals surface area contributed by atoms with Gasteiger partial charge >= 0.3 is 0 Å². The molecule has 0 atom stereocenters. The molecule has 162 valence electrons. The van der Waals surface area contributed by atoms with Crippen LogP contribution in [0.15, 0.2) is 71.9 Å². The molecular formula is C24H19F2N3OS2. The highest BCUT2D eigenvalue weighted by Crippen LogP contribution is 2.36. The Bertz CT molecular complexity index is 1260. The summed E-state index contributed by atoms with van der Waals surface area (Å²) in [5.74, 6) is -1.26. The van der Waals surface area contributed by atoms with Gasteiger partial charge in [0.15, 0.2) is 0 Å². The second-order valence-corrected chi connectivity index (χ2v) is 9.00. The highest BCUT2D eigenvalue weighted by atomic mass is 32.2. The van der Waals surface area contributed by atoms with Crippen molar-refractivity contribution in [1.82, 2.24) is 10.3 Å². The number of hydrogen-bond donors (Lipinski definition) is 2. The first-order valence-corrected chi connectivity index (χ1v) is 11.4. The van der Waals surface area contributed by atoms with Crippen molar-refractivity contribution < 1.29 is 13.6 Å². The molecule has 0 unspecified atom stereocenters. The molecule has 4 aromatic rings. The second kappa shape index (κ2) is 9.93. The lowest BCUT2D eigenvalue weighted by Crippen LogP contribution is -2.10. The number of hydrogen-bond acceptors (Lipinski definition) is 5. The van der Waals surface area contributed by atoms with Gasteiger partial charge in [0.2, 0.25) is 6.41 Å². The van der Waals surface area contributed by atoms with E-state index < -0.39 is 11.6 Å². The fourth-order valence-electron chi connectivity index (χ4n) is 3.11. The maximum Gasteiger partial charge on any atom is 0.207 e. The molecule has 0 saturated heterocycles. The Morgan fingerprint density at radius 3 is 2.59 bits per heavy atom. The first-order valence-electron chi connectivity index (χ1n) is 9.73. The van der Waals surface area contributed by atoms with Crippen molar-refractivity contribution in [3.8, 4) is 20.9 Å². The molecule has 0 aliphatic carbocycles. The summed E-state index contributed by atoms with van der Waals surface area (Å²) in [6.45, 7) is 2.51. The van der Waals surface area contributed by atoms with Crippen LogP contribution in [-0.4, -0.2) is 11.4 Å². The lowest BCUT2D eigenvalue weighted by molar-refractivity contribution is -0.109. The quantitative estimate of drug-likeness (QED) is 0.232. The van der Waals surface area contributed by atoms with Gasteiger partial charge in [0, 0.05) is 45.2 Å². The molecule has 0 aliphatic rings. The van der Waals surface area contributed by atoms with Crippen molar-refractivity contribution in [1.29, 1.82) is 0 Å². The van der Waals surface area contributed by atoms with E-state index in [0.29, 0.717) is 13.0 Å². The minimum atomic E-state index is -0.648. The Labute approximate surface area is 192 Å². The third-order valence-corrected chi connectivity index (χ3v) is 6.79. The Morgan fingerprint density at radius 2 is 1.81 bits per heavy atom. The van der Waals surface area contributed by atoms with Crippen LogP contribution in [0.3, 0.4) is 0 Å². The summed E-state index contributed by atoms with van der Waals surface area (Å²) in [5.41, 5.74) is 4.44. The number of benzene rings is 2. The molecule has 1 amide bonds. The number of carbonyl (C=O) groups excluding carboxylic acids is 1. The van der Waals surface area contributed by atoms with Crippen molar-refractivity contribution in [3.63, 3.8) is 0 Å². The van der Waals surface area contributed by atoms with Crippen molar-refractivity contribution >= 4 is 35.4 Å². The molecule has 2 aromatic heterocycles. The Hall–Kier alpha value is -3.23. The van der Waals surface area contributed by atoms with Crippen molar-refractivity contribution in [2.75, 3.05) is 4.72 Å². The Kier molecular flexibility index (Phi) is 6.82. The zero-order valence-electron chi connectivity index (χ0n) is 17.1. The predicted molar refractivity (Wildman–Crippen MR) is 126 cm³/mol. The van der Waals surface area contributed by atoms with Crippen LogP contribution in [0.4, 0.5) is 14.5 Å². The Morgan fingerprint density at radius 1 is 1.00 bits per heavy atom. The molecular weight excluding hydrogens is 448 g/mol. The highest BCUT2D eigenvalue weighted by Gasteiger charge is 2.09. The normalized spacial score (nSPS) is 10.7. The van der Waals surface area contributed by atoms with E-state index in [1.165, 1.54) is 24.1 Å². The lowest BCUT2D eigenvalue weighted by Gasteiger charge is -2.08. The molecule has 32 heavy (non-hydrogen) atoms. The fraction of sp³-hybridized carbons (Fsp3) is 0.0833. The van der Waals surface area contributed by atoms with Crippen LogP contribution in [0.2, 0.25) is 0 Å². The monoisotopic (exact) mass is 467 g/mol. The van der Waals surface area contributed by atoms with E-state index in [-0.39, 0.29) is 5.69 Å². The minimum Gasteiger partial charge on any atom is -0.355 e. The van der Waals surface area contributed by atoms with E-state index in [1.54, 1.807) is 23.7 Å². The maximum absolute atomic E-state index is 13.8. The first kappa shape index (κ1) is 22.0. The number of aromatic nitrogens is 1. The SMILES string of the molecule is Cc1ccc(-c2ccc(-c3cncc(SNc4ccc(F)cc4F)c3)s2)cc1CNC=O. The summed E-state index contributed by atoms with van der Waals surface area (Å²) in [6, 6.07) is 15.7. The van der Waals surface area contributed by atoms with Crippen LogP contribution in [0.1, 0.15) is 11.1 Å². The number of carbonyl (C=O) groups is 1. The number of rotatable bonds is 8. The first-order chi connectivity index (χ1) is 15.5. The maximum atomic E-state index is 13.8. The van der Waals surface area contributed by atoms with Gasteiger partial charge in [-0.25, -0.2) is 8.78 Å². The number of thiophene rings is 1. The van der Waals surface area contributed by atoms with Crippen LogP contribution in [0.25, 0.3) is 20.9 Å². The van der Waals surface area contributed by atoms with Crippen LogP contribution in [0, 0.1) is 18.6 Å². The van der Waals surface area contributed by atoms with E-state index in [0.717, 1.165) is 43.0 Å². The average molecular weight is 468 g/mol. The van der Waals surface area contributed by atoms with E-state index in [2.05, 4.69) is 39.3 Å². The van der Waals surface area contributed by atoms with Gasteiger partial charge in [-0.15, -0.1) is 11.3 Å². The predicted octanol–water partition coefficient (Wildman–Crippen LogP) is 6.43. The Balaban J connectivity index is 1.51. The molecule has 2 heterocycles. The van der Waals surface area contributed by atoms with E-state index in [1.807, 2.05) is 19.1 Å². The second-order valence-electron chi connectivity index (χ2n) is 7.04. The molecule has 0 spiro atoms. The minimum absolute atomic E-state index is 0.208. The molecule has 0 bridgehead atoms. The lowest BCUT2D eigenvalue weighted by atomic mass is 10.0. The van der Waals surface area contributed by atoms with Gasteiger partial charge < -0.3 is 10.0 Å². The number of amides is 1. The summed E-state index contributed by atoms with van der Waals surface area (Å²) < 4.78 is 29.8. The number of nitrogens with zero attached hydrogens (tertiary/aromatic N) is 1. The van der Waals surface area contributed by atoms with Gasteiger partial charge in [0.1, 0.15) is 11.6 Å². The highest BCUT2D eigenvalue weighted by molar-refractivity contribution is 8.00. The fourth-order valence-corrected chi connectivity index (χ4v) is 4.79. The molecule has 2 aromatic carbocycles. The number of pyridine rings is 1. The summed E-state index contributed by atoms with van der Waals surface area (Å²) in [7, 11) is 0. The summed E-state index contributed by atoms with van der Waals surface area (Å²) in [5, 5.41) is 2.72. The van der Waals surface area contributed by atoms with Crippen LogP contribution < -0.4 is 10.0 Å². The summed E-state index contributed by atoms with van der Waals surface area (Å²) >= 11 is 2.85. The van der Waals surface area contributed by atoms with Gasteiger partial charge in [-0.3, -0.25) is 9.78 Å². The molecule has 0 saturated carbocycles.